The molecule has 1 N–H and O–H groups in total. The van der Waals surface area contributed by atoms with Crippen LogP contribution in [0.1, 0.15) is 11.1 Å². The predicted octanol–water partition coefficient (Wildman–Crippen LogP) is 4.63. The minimum atomic E-state index is -1.10. The number of rotatable bonds is 5. The Balaban J connectivity index is 1.73. The van der Waals surface area contributed by atoms with Crippen molar-refractivity contribution in [1.82, 2.24) is 9.47 Å². The van der Waals surface area contributed by atoms with E-state index in [1.54, 1.807) is 6.08 Å². The summed E-state index contributed by atoms with van der Waals surface area (Å²) in [6, 6.07) is 15.6. The van der Waals surface area contributed by atoms with E-state index in [9.17, 15) is 9.59 Å². The average molecular weight is 443 g/mol. The summed E-state index contributed by atoms with van der Waals surface area (Å²) >= 11 is 12.6. The molecular weight excluding hydrogens is 428 g/mol. The van der Waals surface area contributed by atoms with Crippen LogP contribution in [-0.4, -0.2) is 37.3 Å². The highest BCUT2D eigenvalue weighted by molar-refractivity contribution is 8.26. The number of carbonyl (C=O) groups excluding carboxylic acids is 1. The van der Waals surface area contributed by atoms with Gasteiger partial charge in [0.05, 0.1) is 4.91 Å². The van der Waals surface area contributed by atoms with E-state index in [2.05, 4.69) is 4.57 Å². The van der Waals surface area contributed by atoms with Crippen LogP contribution >= 0.6 is 35.6 Å². The molecule has 146 valence electrons. The first-order chi connectivity index (χ1) is 13.9. The van der Waals surface area contributed by atoms with Gasteiger partial charge in [0, 0.05) is 34.2 Å². The number of para-hydroxylation sites is 1. The van der Waals surface area contributed by atoms with Crippen LogP contribution in [0.4, 0.5) is 0 Å². The summed E-state index contributed by atoms with van der Waals surface area (Å²) in [7, 11) is 0. The number of amides is 1. The number of thioether (sulfide) groups is 1. The van der Waals surface area contributed by atoms with Crippen molar-refractivity contribution in [2.24, 2.45) is 0 Å². The number of hydrogen-bond acceptors (Lipinski definition) is 4. The average Bonchev–Trinajstić information content (AvgIpc) is 3.16. The second-order valence-electron chi connectivity index (χ2n) is 6.48. The van der Waals surface area contributed by atoms with E-state index in [0.29, 0.717) is 16.5 Å². The van der Waals surface area contributed by atoms with Crippen LogP contribution in [0.3, 0.4) is 0 Å². The number of aliphatic carboxylic acids is 1. The molecule has 1 saturated heterocycles. The minimum absolute atomic E-state index is 0.253. The number of benzene rings is 2. The molecule has 0 bridgehead atoms. The van der Waals surface area contributed by atoms with Crippen LogP contribution in [0.5, 0.6) is 0 Å². The molecule has 29 heavy (non-hydrogen) atoms. The highest BCUT2D eigenvalue weighted by atomic mass is 35.5. The molecule has 1 aliphatic heterocycles. The van der Waals surface area contributed by atoms with Gasteiger partial charge >= 0.3 is 5.97 Å². The van der Waals surface area contributed by atoms with Crippen molar-refractivity contribution in [2.75, 3.05) is 6.54 Å². The van der Waals surface area contributed by atoms with E-state index >= 15 is 0 Å². The molecule has 0 spiro atoms. The van der Waals surface area contributed by atoms with Crippen molar-refractivity contribution in [3.8, 4) is 0 Å². The predicted molar refractivity (Wildman–Crippen MR) is 120 cm³/mol. The number of halogens is 1. The number of carbonyl (C=O) groups is 2. The van der Waals surface area contributed by atoms with Crippen molar-refractivity contribution in [2.45, 2.75) is 6.54 Å². The molecule has 5 nitrogen and oxygen atoms in total. The first-order valence-electron chi connectivity index (χ1n) is 8.72. The molecule has 2 heterocycles. The van der Waals surface area contributed by atoms with Gasteiger partial charge in [-0.2, -0.15) is 0 Å². The zero-order valence-corrected chi connectivity index (χ0v) is 17.4. The number of nitrogens with zero attached hydrogens (tertiary/aromatic N) is 2. The smallest absolute Gasteiger partial charge is 0.323 e. The standard InChI is InChI=1S/C21H15ClN2O3S2/c22-16-7-3-1-5-13(16)10-23-11-14(15-6-2-4-8-17(15)23)9-18-20(27)24(12-19(25)26)21(28)29-18/h1-9,11H,10,12H2,(H,25,26)/b18-9+. The largest absolute Gasteiger partial charge is 0.480 e. The van der Waals surface area contributed by atoms with Gasteiger partial charge in [0.25, 0.3) is 5.91 Å². The quantitative estimate of drug-likeness (QED) is 0.461. The molecule has 0 saturated carbocycles. The monoisotopic (exact) mass is 442 g/mol. The van der Waals surface area contributed by atoms with E-state index < -0.39 is 12.5 Å². The minimum Gasteiger partial charge on any atom is -0.480 e. The number of carboxylic acid groups (broad SMARTS) is 1. The Bertz CT molecular complexity index is 1190. The number of hydrogen-bond donors (Lipinski definition) is 1. The van der Waals surface area contributed by atoms with Crippen LogP contribution in [0.2, 0.25) is 5.02 Å². The topological polar surface area (TPSA) is 62.5 Å². The summed E-state index contributed by atoms with van der Waals surface area (Å²) in [6.45, 7) is 0.157. The summed E-state index contributed by atoms with van der Waals surface area (Å²) < 4.78 is 2.34. The summed E-state index contributed by atoms with van der Waals surface area (Å²) in [5, 5.41) is 10.7. The second kappa shape index (κ2) is 8.02. The Kier molecular flexibility index (Phi) is 5.45. The SMILES string of the molecule is O=C(O)CN1C(=O)/C(=C\c2cn(Cc3ccccc3Cl)c3ccccc23)SC1=S. The Labute approximate surface area is 181 Å². The van der Waals surface area contributed by atoms with Crippen LogP contribution in [0, 0.1) is 0 Å². The molecule has 1 fully saturated rings. The van der Waals surface area contributed by atoms with Crippen molar-refractivity contribution < 1.29 is 14.7 Å². The lowest BCUT2D eigenvalue weighted by Crippen LogP contribution is -2.33. The fourth-order valence-electron chi connectivity index (χ4n) is 3.24. The molecule has 1 aromatic heterocycles. The van der Waals surface area contributed by atoms with Crippen molar-refractivity contribution >= 4 is 68.8 Å². The summed E-state index contributed by atoms with van der Waals surface area (Å²) in [5.41, 5.74) is 2.87. The first kappa shape index (κ1) is 19.7. The summed E-state index contributed by atoms with van der Waals surface area (Å²) in [5.74, 6) is -1.48. The maximum atomic E-state index is 12.6. The van der Waals surface area contributed by atoms with Crippen molar-refractivity contribution in [3.63, 3.8) is 0 Å². The van der Waals surface area contributed by atoms with Crippen LogP contribution in [-0.2, 0) is 16.1 Å². The molecule has 4 rings (SSSR count). The molecule has 1 aliphatic rings. The van der Waals surface area contributed by atoms with E-state index in [1.807, 2.05) is 54.7 Å². The van der Waals surface area contributed by atoms with Crippen LogP contribution in [0.25, 0.3) is 17.0 Å². The van der Waals surface area contributed by atoms with Crippen LogP contribution < -0.4 is 0 Å². The normalized spacial score (nSPS) is 15.6. The lowest BCUT2D eigenvalue weighted by Gasteiger charge is -2.10. The van der Waals surface area contributed by atoms with Crippen molar-refractivity contribution in [1.29, 1.82) is 0 Å². The third-order valence-electron chi connectivity index (χ3n) is 4.57. The molecule has 3 aromatic rings. The first-order valence-corrected chi connectivity index (χ1v) is 10.3. The van der Waals surface area contributed by atoms with Gasteiger partial charge in [-0.25, -0.2) is 0 Å². The molecule has 1 amide bonds. The number of carboxylic acids is 1. The third kappa shape index (κ3) is 3.94. The van der Waals surface area contributed by atoms with Gasteiger partial charge in [0.15, 0.2) is 0 Å². The van der Waals surface area contributed by atoms with Gasteiger partial charge in [0.2, 0.25) is 0 Å². The van der Waals surface area contributed by atoms with Crippen LogP contribution in [0.15, 0.2) is 59.6 Å². The third-order valence-corrected chi connectivity index (χ3v) is 6.32. The highest BCUT2D eigenvalue weighted by Gasteiger charge is 2.33. The lowest BCUT2D eigenvalue weighted by molar-refractivity contribution is -0.140. The molecule has 0 radical (unpaired) electrons. The zero-order chi connectivity index (χ0) is 20.5. The second-order valence-corrected chi connectivity index (χ2v) is 8.57. The fourth-order valence-corrected chi connectivity index (χ4v) is 4.69. The number of aromatic nitrogens is 1. The lowest BCUT2D eigenvalue weighted by atomic mass is 10.1. The Hall–Kier alpha value is -2.61. The molecule has 0 unspecified atom stereocenters. The molecule has 0 atom stereocenters. The Morgan fingerprint density at radius 1 is 1.17 bits per heavy atom. The number of fused-ring (bicyclic) bond motifs is 1. The van der Waals surface area contributed by atoms with E-state index in [0.717, 1.165) is 38.7 Å². The maximum absolute atomic E-state index is 12.6. The van der Waals surface area contributed by atoms with Gasteiger partial charge < -0.3 is 9.67 Å². The van der Waals surface area contributed by atoms with E-state index in [4.69, 9.17) is 28.9 Å². The van der Waals surface area contributed by atoms with Gasteiger partial charge in [-0.05, 0) is 23.8 Å². The van der Waals surface area contributed by atoms with Gasteiger partial charge in [-0.15, -0.1) is 0 Å². The summed E-state index contributed by atoms with van der Waals surface area (Å²) in [6.07, 6.45) is 3.74. The highest BCUT2D eigenvalue weighted by Crippen LogP contribution is 2.34. The molecule has 8 heteroatoms. The number of thiocarbonyl (C=S) groups is 1. The summed E-state index contributed by atoms with van der Waals surface area (Å²) in [4.78, 5) is 25.1. The Morgan fingerprint density at radius 2 is 1.90 bits per heavy atom. The molecular formula is C21H15ClN2O3S2. The molecule has 2 aromatic carbocycles. The van der Waals surface area contributed by atoms with Gasteiger partial charge in [-0.3, -0.25) is 14.5 Å². The van der Waals surface area contributed by atoms with Gasteiger partial charge in [0.1, 0.15) is 10.9 Å². The van der Waals surface area contributed by atoms with Gasteiger partial charge in [-0.1, -0.05) is 72.0 Å². The Morgan fingerprint density at radius 3 is 2.66 bits per heavy atom. The zero-order valence-electron chi connectivity index (χ0n) is 15.0. The molecule has 0 aliphatic carbocycles. The fraction of sp³-hybridized carbons (Fsp3) is 0.0952. The van der Waals surface area contributed by atoms with Crippen molar-refractivity contribution in [3.05, 3.63) is 75.8 Å². The maximum Gasteiger partial charge on any atom is 0.323 e. The van der Waals surface area contributed by atoms with E-state index in [1.165, 1.54) is 0 Å². The van der Waals surface area contributed by atoms with E-state index in [-0.39, 0.29) is 10.2 Å².